The average Bonchev–Trinajstić information content (AvgIpc) is 3.18. The van der Waals surface area contributed by atoms with E-state index in [1.807, 2.05) is 66.7 Å². The minimum absolute atomic E-state index is 0.257. The van der Waals surface area contributed by atoms with Crippen LogP contribution in [-0.4, -0.2) is 18.0 Å². The first kappa shape index (κ1) is 21.7. The molecule has 0 N–H and O–H groups in total. The van der Waals surface area contributed by atoms with Crippen molar-refractivity contribution >= 4 is 5.90 Å². The van der Waals surface area contributed by atoms with E-state index in [9.17, 15) is 0 Å². The summed E-state index contributed by atoms with van der Waals surface area (Å²) in [5.41, 5.74) is 3.84. The zero-order valence-electron chi connectivity index (χ0n) is 18.7. The Morgan fingerprint density at radius 1 is 0.938 bits per heavy atom. The average molecular weight is 428 g/mol. The van der Waals surface area contributed by atoms with E-state index in [2.05, 4.69) is 32.6 Å². The molecule has 0 saturated heterocycles. The topological polar surface area (TPSA) is 40.0 Å². The third-order valence-corrected chi connectivity index (χ3v) is 5.21. The van der Waals surface area contributed by atoms with Crippen LogP contribution in [-0.2, 0) is 24.4 Å². The van der Waals surface area contributed by atoms with Crippen LogP contribution in [0, 0.1) is 0 Å². The first-order valence-corrected chi connectivity index (χ1v) is 10.9. The molecule has 1 aliphatic heterocycles. The standard InChI is InChI=1S/C28H29NO3/c1-4-11-24-25(27-29-28(2,3)20-32-27)16-23(30-18-21-12-7-5-8-13-21)17-26(24)31-19-22-14-9-6-10-15-22/h4-10,12-17H,1,11,18-20H2,2-3H3. The van der Waals surface area contributed by atoms with Crippen LogP contribution in [0.4, 0.5) is 0 Å². The van der Waals surface area contributed by atoms with E-state index >= 15 is 0 Å². The Morgan fingerprint density at radius 3 is 2.12 bits per heavy atom. The third kappa shape index (κ3) is 5.38. The molecule has 0 radical (unpaired) electrons. The molecule has 0 saturated carbocycles. The number of allylic oxidation sites excluding steroid dienone is 1. The van der Waals surface area contributed by atoms with Crippen molar-refractivity contribution in [2.45, 2.75) is 39.0 Å². The molecule has 3 aromatic rings. The maximum absolute atomic E-state index is 6.28. The molecule has 0 amide bonds. The van der Waals surface area contributed by atoms with Crippen LogP contribution in [0.1, 0.15) is 36.1 Å². The number of benzene rings is 3. The second-order valence-corrected chi connectivity index (χ2v) is 8.51. The van der Waals surface area contributed by atoms with Crippen LogP contribution < -0.4 is 9.47 Å². The predicted octanol–water partition coefficient (Wildman–Crippen LogP) is 6.13. The van der Waals surface area contributed by atoms with Crippen LogP contribution in [0.25, 0.3) is 0 Å². The number of hydrogen-bond acceptors (Lipinski definition) is 4. The molecule has 32 heavy (non-hydrogen) atoms. The molecule has 3 aromatic carbocycles. The second kappa shape index (κ2) is 9.73. The van der Waals surface area contributed by atoms with E-state index in [-0.39, 0.29) is 5.54 Å². The fourth-order valence-corrected chi connectivity index (χ4v) is 3.58. The summed E-state index contributed by atoms with van der Waals surface area (Å²) in [4.78, 5) is 4.80. The SMILES string of the molecule is C=CCc1c(OCc2ccccc2)cc(OCc2ccccc2)cc1C1=NC(C)(C)CO1. The lowest BCUT2D eigenvalue weighted by molar-refractivity contribution is 0.277. The van der Waals surface area contributed by atoms with E-state index in [1.165, 1.54) is 0 Å². The molecular formula is C28H29NO3. The van der Waals surface area contributed by atoms with Gasteiger partial charge in [-0.25, -0.2) is 4.99 Å². The van der Waals surface area contributed by atoms with Crippen molar-refractivity contribution < 1.29 is 14.2 Å². The minimum atomic E-state index is -0.257. The molecule has 4 rings (SSSR count). The molecule has 0 aromatic heterocycles. The molecule has 0 spiro atoms. The van der Waals surface area contributed by atoms with Gasteiger partial charge in [0, 0.05) is 17.2 Å². The molecular weight excluding hydrogens is 398 g/mol. The van der Waals surface area contributed by atoms with Gasteiger partial charge in [0.15, 0.2) is 0 Å². The van der Waals surface area contributed by atoms with Crippen LogP contribution in [0.3, 0.4) is 0 Å². The highest BCUT2D eigenvalue weighted by Crippen LogP contribution is 2.34. The third-order valence-electron chi connectivity index (χ3n) is 5.21. The molecule has 4 heteroatoms. The number of nitrogens with zero attached hydrogens (tertiary/aromatic N) is 1. The maximum Gasteiger partial charge on any atom is 0.217 e. The van der Waals surface area contributed by atoms with Gasteiger partial charge in [0.25, 0.3) is 0 Å². The van der Waals surface area contributed by atoms with E-state index < -0.39 is 0 Å². The highest BCUT2D eigenvalue weighted by Gasteiger charge is 2.29. The van der Waals surface area contributed by atoms with E-state index in [4.69, 9.17) is 19.2 Å². The maximum atomic E-state index is 6.28. The number of rotatable bonds is 9. The van der Waals surface area contributed by atoms with Crippen molar-refractivity contribution in [3.8, 4) is 11.5 Å². The number of hydrogen-bond donors (Lipinski definition) is 0. The van der Waals surface area contributed by atoms with E-state index in [1.54, 1.807) is 0 Å². The van der Waals surface area contributed by atoms with Gasteiger partial charge in [0.05, 0.1) is 5.54 Å². The van der Waals surface area contributed by atoms with Gasteiger partial charge in [-0.2, -0.15) is 0 Å². The lowest BCUT2D eigenvalue weighted by Crippen LogP contribution is -2.17. The fourth-order valence-electron chi connectivity index (χ4n) is 3.58. The highest BCUT2D eigenvalue weighted by atomic mass is 16.5. The second-order valence-electron chi connectivity index (χ2n) is 8.51. The summed E-state index contributed by atoms with van der Waals surface area (Å²) in [5, 5.41) is 0. The quantitative estimate of drug-likeness (QED) is 0.386. The largest absolute Gasteiger partial charge is 0.489 e. The van der Waals surface area contributed by atoms with Crippen molar-refractivity contribution in [3.63, 3.8) is 0 Å². The number of ether oxygens (including phenoxy) is 3. The molecule has 1 heterocycles. The lowest BCUT2D eigenvalue weighted by atomic mass is 10.0. The molecule has 0 aliphatic carbocycles. The van der Waals surface area contributed by atoms with Crippen LogP contribution in [0.15, 0.2) is 90.4 Å². The van der Waals surface area contributed by atoms with Gasteiger partial charge in [-0.15, -0.1) is 6.58 Å². The lowest BCUT2D eigenvalue weighted by Gasteiger charge is -2.17. The molecule has 1 aliphatic rings. The van der Waals surface area contributed by atoms with Crippen molar-refractivity contribution in [1.82, 2.24) is 0 Å². The highest BCUT2D eigenvalue weighted by molar-refractivity contribution is 5.98. The van der Waals surface area contributed by atoms with Gasteiger partial charge < -0.3 is 14.2 Å². The summed E-state index contributed by atoms with van der Waals surface area (Å²) in [5.74, 6) is 2.10. The molecule has 164 valence electrons. The summed E-state index contributed by atoms with van der Waals surface area (Å²) in [7, 11) is 0. The minimum Gasteiger partial charge on any atom is -0.489 e. The smallest absolute Gasteiger partial charge is 0.217 e. The van der Waals surface area contributed by atoms with Crippen molar-refractivity contribution in [2.24, 2.45) is 4.99 Å². The summed E-state index contributed by atoms with van der Waals surface area (Å²) in [6.07, 6.45) is 2.51. The molecule has 0 bridgehead atoms. The number of aliphatic imine (C=N–C) groups is 1. The van der Waals surface area contributed by atoms with Gasteiger partial charge in [-0.1, -0.05) is 66.7 Å². The van der Waals surface area contributed by atoms with Crippen LogP contribution >= 0.6 is 0 Å². The molecule has 0 fully saturated rings. The zero-order valence-corrected chi connectivity index (χ0v) is 18.7. The zero-order chi connectivity index (χ0) is 22.4. The van der Waals surface area contributed by atoms with Gasteiger partial charge in [-0.05, 0) is 37.5 Å². The van der Waals surface area contributed by atoms with Crippen molar-refractivity contribution in [3.05, 3.63) is 108 Å². The van der Waals surface area contributed by atoms with Gasteiger partial charge in [-0.3, -0.25) is 0 Å². The van der Waals surface area contributed by atoms with Crippen molar-refractivity contribution in [1.29, 1.82) is 0 Å². The van der Waals surface area contributed by atoms with Crippen LogP contribution in [0.5, 0.6) is 11.5 Å². The Bertz CT molecular complexity index is 1090. The Morgan fingerprint density at radius 2 is 1.56 bits per heavy atom. The Balaban J connectivity index is 1.69. The van der Waals surface area contributed by atoms with Gasteiger partial charge >= 0.3 is 0 Å². The van der Waals surface area contributed by atoms with E-state index in [0.717, 1.165) is 33.8 Å². The van der Waals surface area contributed by atoms with E-state index in [0.29, 0.717) is 32.1 Å². The summed E-state index contributed by atoms with van der Waals surface area (Å²) in [6, 6.07) is 24.2. The van der Waals surface area contributed by atoms with Crippen molar-refractivity contribution in [2.75, 3.05) is 6.61 Å². The first-order valence-electron chi connectivity index (χ1n) is 10.9. The van der Waals surface area contributed by atoms with Crippen LogP contribution in [0.2, 0.25) is 0 Å². The molecule has 0 atom stereocenters. The predicted molar refractivity (Wildman–Crippen MR) is 128 cm³/mol. The molecule has 0 unspecified atom stereocenters. The summed E-state index contributed by atoms with van der Waals surface area (Å²) >= 11 is 0. The first-order chi connectivity index (χ1) is 15.5. The van der Waals surface area contributed by atoms with Gasteiger partial charge in [0.1, 0.15) is 31.3 Å². The molecule has 4 nitrogen and oxygen atoms in total. The Hall–Kier alpha value is -3.53. The van der Waals surface area contributed by atoms with Gasteiger partial charge in [0.2, 0.25) is 5.90 Å². The summed E-state index contributed by atoms with van der Waals surface area (Å²) < 4.78 is 18.4. The monoisotopic (exact) mass is 427 g/mol. The Kier molecular flexibility index (Phi) is 6.60. The normalized spacial score (nSPS) is 14.4. The summed E-state index contributed by atoms with van der Waals surface area (Å²) in [6.45, 7) is 9.55. The Labute approximate surface area is 190 Å². The fraction of sp³-hybridized carbons (Fsp3) is 0.250.